The fraction of sp³-hybridized carbons (Fsp3) is 0.562. The summed E-state index contributed by atoms with van der Waals surface area (Å²) in [7, 11) is 0. The third-order valence-corrected chi connectivity index (χ3v) is 3.97. The first kappa shape index (κ1) is 14.6. The summed E-state index contributed by atoms with van der Waals surface area (Å²) < 4.78 is 31.6. The Labute approximate surface area is 123 Å². The molecule has 0 spiro atoms. The molecule has 3 rings (SSSR count). The molecule has 2 fully saturated rings. The van der Waals surface area contributed by atoms with E-state index in [-0.39, 0.29) is 18.8 Å². The van der Waals surface area contributed by atoms with Crippen LogP contribution in [0.15, 0.2) is 30.3 Å². The van der Waals surface area contributed by atoms with Gasteiger partial charge in [-0.2, -0.15) is 0 Å². The number of ketones is 1. The van der Waals surface area contributed by atoms with Crippen LogP contribution in [-0.4, -0.2) is 37.4 Å². The number of hydrogen-bond acceptors (Lipinski definition) is 4. The van der Waals surface area contributed by atoms with Crippen molar-refractivity contribution in [3.05, 3.63) is 35.9 Å². The van der Waals surface area contributed by atoms with Gasteiger partial charge in [0, 0.05) is 17.9 Å². The van der Waals surface area contributed by atoms with Crippen LogP contribution in [-0.2, 0) is 19.0 Å². The van der Waals surface area contributed by atoms with E-state index in [2.05, 4.69) is 0 Å². The molecule has 0 radical (unpaired) electrons. The van der Waals surface area contributed by atoms with E-state index < -0.39 is 30.6 Å². The van der Waals surface area contributed by atoms with E-state index in [9.17, 15) is 9.18 Å². The third-order valence-electron chi connectivity index (χ3n) is 3.97. The van der Waals surface area contributed by atoms with Gasteiger partial charge in [-0.05, 0) is 6.92 Å². The normalized spacial score (nSPS) is 36.0. The number of benzene rings is 1. The summed E-state index contributed by atoms with van der Waals surface area (Å²) in [4.78, 5) is 11.2. The molecule has 21 heavy (non-hydrogen) atoms. The molecule has 2 heterocycles. The van der Waals surface area contributed by atoms with Gasteiger partial charge in [0.25, 0.3) is 0 Å². The maximum Gasteiger partial charge on any atom is 0.184 e. The number of hydrogen-bond donors (Lipinski definition) is 0. The van der Waals surface area contributed by atoms with E-state index in [1.165, 1.54) is 6.92 Å². The number of rotatable bonds is 3. The standard InChI is InChI=1S/C16H19FO4/c1-10(18)7-12-8-19-13-9-20-16(21-15(13)14(12)17)11-5-3-2-4-6-11/h2-6,12-16H,7-9H2,1H3. The quantitative estimate of drug-likeness (QED) is 0.859. The Morgan fingerprint density at radius 1 is 1.24 bits per heavy atom. The van der Waals surface area contributed by atoms with Crippen LogP contribution < -0.4 is 0 Å². The molecule has 2 aliphatic heterocycles. The van der Waals surface area contributed by atoms with Crippen LogP contribution in [0.3, 0.4) is 0 Å². The van der Waals surface area contributed by atoms with Crippen molar-refractivity contribution in [3.8, 4) is 0 Å². The number of halogens is 1. The lowest BCUT2D eigenvalue weighted by Gasteiger charge is -2.43. The molecule has 114 valence electrons. The van der Waals surface area contributed by atoms with Gasteiger partial charge in [0.05, 0.1) is 13.2 Å². The van der Waals surface area contributed by atoms with E-state index >= 15 is 0 Å². The zero-order valence-electron chi connectivity index (χ0n) is 11.9. The third kappa shape index (κ3) is 3.15. The molecule has 0 saturated carbocycles. The number of ether oxygens (including phenoxy) is 3. The smallest absolute Gasteiger partial charge is 0.184 e. The van der Waals surface area contributed by atoms with Crippen molar-refractivity contribution in [3.63, 3.8) is 0 Å². The number of fused-ring (bicyclic) bond motifs is 1. The van der Waals surface area contributed by atoms with Crippen LogP contribution >= 0.6 is 0 Å². The molecule has 1 aromatic carbocycles. The van der Waals surface area contributed by atoms with Gasteiger partial charge in [-0.25, -0.2) is 4.39 Å². The number of alkyl halides is 1. The van der Waals surface area contributed by atoms with Crippen LogP contribution in [0.4, 0.5) is 4.39 Å². The molecule has 5 unspecified atom stereocenters. The Morgan fingerprint density at radius 2 is 2.00 bits per heavy atom. The van der Waals surface area contributed by atoms with Crippen molar-refractivity contribution in [2.45, 2.75) is 38.0 Å². The first-order valence-electron chi connectivity index (χ1n) is 7.22. The molecule has 2 aliphatic rings. The highest BCUT2D eigenvalue weighted by molar-refractivity contribution is 5.75. The Kier molecular flexibility index (Phi) is 4.33. The van der Waals surface area contributed by atoms with Gasteiger partial charge in [0.2, 0.25) is 0 Å². The van der Waals surface area contributed by atoms with Gasteiger partial charge in [-0.15, -0.1) is 0 Å². The van der Waals surface area contributed by atoms with Gasteiger partial charge in [-0.3, -0.25) is 0 Å². The molecular weight excluding hydrogens is 275 g/mol. The Morgan fingerprint density at radius 3 is 2.71 bits per heavy atom. The summed E-state index contributed by atoms with van der Waals surface area (Å²) in [5.41, 5.74) is 0.858. The lowest BCUT2D eigenvalue weighted by Crippen LogP contribution is -2.54. The first-order chi connectivity index (χ1) is 10.1. The summed E-state index contributed by atoms with van der Waals surface area (Å²) in [5.74, 6) is -0.463. The monoisotopic (exact) mass is 294 g/mol. The van der Waals surface area contributed by atoms with Crippen molar-refractivity contribution in [2.75, 3.05) is 13.2 Å². The molecule has 2 saturated heterocycles. The molecule has 0 N–H and O–H groups in total. The van der Waals surface area contributed by atoms with Crippen LogP contribution in [0.1, 0.15) is 25.2 Å². The van der Waals surface area contributed by atoms with E-state index in [1.54, 1.807) is 0 Å². The summed E-state index contributed by atoms with van der Waals surface area (Å²) in [6, 6.07) is 9.44. The Bertz CT molecular complexity index is 492. The highest BCUT2D eigenvalue weighted by Gasteiger charge is 2.46. The van der Waals surface area contributed by atoms with Gasteiger partial charge in [0.15, 0.2) is 6.29 Å². The van der Waals surface area contributed by atoms with Crippen molar-refractivity contribution < 1.29 is 23.4 Å². The molecule has 5 atom stereocenters. The Hall–Kier alpha value is -1.30. The fourth-order valence-electron chi connectivity index (χ4n) is 2.90. The molecule has 0 bridgehead atoms. The molecule has 1 aromatic rings. The van der Waals surface area contributed by atoms with Crippen LogP contribution in [0, 0.1) is 5.92 Å². The largest absolute Gasteiger partial charge is 0.373 e. The second kappa shape index (κ2) is 6.22. The topological polar surface area (TPSA) is 44.8 Å². The van der Waals surface area contributed by atoms with Crippen molar-refractivity contribution in [2.24, 2.45) is 5.92 Å². The summed E-state index contributed by atoms with van der Waals surface area (Å²) >= 11 is 0. The fourth-order valence-corrected chi connectivity index (χ4v) is 2.90. The molecule has 4 nitrogen and oxygen atoms in total. The zero-order chi connectivity index (χ0) is 14.8. The predicted octanol–water partition coefficient (Wildman–Crippen LogP) is 2.43. The van der Waals surface area contributed by atoms with Crippen LogP contribution in [0.2, 0.25) is 0 Å². The lowest BCUT2D eigenvalue weighted by molar-refractivity contribution is -0.300. The van der Waals surface area contributed by atoms with E-state index in [0.717, 1.165) is 5.56 Å². The average molecular weight is 294 g/mol. The predicted molar refractivity (Wildman–Crippen MR) is 73.4 cm³/mol. The van der Waals surface area contributed by atoms with Crippen molar-refractivity contribution in [1.82, 2.24) is 0 Å². The van der Waals surface area contributed by atoms with Crippen LogP contribution in [0.25, 0.3) is 0 Å². The minimum Gasteiger partial charge on any atom is -0.373 e. The first-order valence-corrected chi connectivity index (χ1v) is 7.22. The molecule has 0 aliphatic carbocycles. The average Bonchev–Trinajstić information content (AvgIpc) is 2.50. The number of carbonyl (C=O) groups excluding carboxylic acids is 1. The summed E-state index contributed by atoms with van der Waals surface area (Å²) in [6.07, 6.45) is -2.68. The van der Waals surface area contributed by atoms with Crippen LogP contribution in [0.5, 0.6) is 0 Å². The number of carbonyl (C=O) groups is 1. The van der Waals surface area contributed by atoms with Gasteiger partial charge in [-0.1, -0.05) is 30.3 Å². The highest BCUT2D eigenvalue weighted by Crippen LogP contribution is 2.36. The molecule has 5 heteroatoms. The van der Waals surface area contributed by atoms with Gasteiger partial charge >= 0.3 is 0 Å². The Balaban J connectivity index is 1.71. The minimum absolute atomic E-state index is 0.0311. The van der Waals surface area contributed by atoms with E-state index in [0.29, 0.717) is 6.61 Å². The van der Waals surface area contributed by atoms with E-state index in [4.69, 9.17) is 14.2 Å². The molecule has 0 amide bonds. The molecular formula is C16H19FO4. The van der Waals surface area contributed by atoms with E-state index in [1.807, 2.05) is 30.3 Å². The van der Waals surface area contributed by atoms with Crippen molar-refractivity contribution in [1.29, 1.82) is 0 Å². The minimum atomic E-state index is -1.21. The maximum absolute atomic E-state index is 14.6. The SMILES string of the molecule is CC(=O)CC1COC2COC(c3ccccc3)OC2C1F. The lowest BCUT2D eigenvalue weighted by atomic mass is 9.89. The van der Waals surface area contributed by atoms with Gasteiger partial charge < -0.3 is 19.0 Å². The van der Waals surface area contributed by atoms with Crippen molar-refractivity contribution >= 4 is 5.78 Å². The molecule has 0 aromatic heterocycles. The summed E-state index contributed by atoms with van der Waals surface area (Å²) in [5, 5.41) is 0. The second-order valence-electron chi connectivity index (χ2n) is 5.66. The zero-order valence-corrected chi connectivity index (χ0v) is 11.9. The highest BCUT2D eigenvalue weighted by atomic mass is 19.1. The van der Waals surface area contributed by atoms with Gasteiger partial charge in [0.1, 0.15) is 24.2 Å². The summed E-state index contributed by atoms with van der Waals surface area (Å²) in [6.45, 7) is 2.01. The second-order valence-corrected chi connectivity index (χ2v) is 5.66. The number of Topliss-reactive ketones (excluding diaryl/α,β-unsaturated/α-hetero) is 1. The maximum atomic E-state index is 14.6.